The van der Waals surface area contributed by atoms with Crippen LogP contribution in [0.2, 0.25) is 0 Å². The summed E-state index contributed by atoms with van der Waals surface area (Å²) in [4.78, 5) is 9.82. The molecule has 0 spiro atoms. The number of allylic oxidation sites excluding steroid dienone is 2. The molecule has 7 aromatic carbocycles. The molecule has 0 amide bonds. The van der Waals surface area contributed by atoms with Gasteiger partial charge in [0, 0.05) is 83.0 Å². The number of rotatable bonds is 11. The van der Waals surface area contributed by atoms with Crippen LogP contribution in [0.5, 0.6) is 11.5 Å². The first-order chi connectivity index (χ1) is 35.9. The van der Waals surface area contributed by atoms with Gasteiger partial charge in [-0.1, -0.05) is 219 Å². The number of hydrogen-bond donors (Lipinski definition) is 0. The van der Waals surface area contributed by atoms with Crippen LogP contribution in [-0.4, -0.2) is 9.55 Å². The van der Waals surface area contributed by atoms with E-state index in [1.807, 2.05) is 12.3 Å². The number of hydrogen-bond acceptors (Lipinski definition) is 4. The van der Waals surface area contributed by atoms with Gasteiger partial charge in [-0.05, 0) is 86.0 Å². The Morgan fingerprint density at radius 2 is 1.06 bits per heavy atom. The summed E-state index contributed by atoms with van der Waals surface area (Å²) in [5, 5.41) is 2.22. The molecule has 398 valence electrons. The molecule has 77 heavy (non-hydrogen) atoms. The summed E-state index contributed by atoms with van der Waals surface area (Å²) in [6, 6.07) is 67.1. The molecule has 10 rings (SSSR count). The van der Waals surface area contributed by atoms with Crippen LogP contribution in [0.4, 0.5) is 11.4 Å². The Bertz CT molecular complexity index is 3570. The number of aromatic nitrogens is 2. The zero-order valence-electron chi connectivity index (χ0n) is 47.8. The first-order valence-electron chi connectivity index (χ1n) is 27.1. The molecule has 3 heterocycles. The molecule has 6 heteroatoms. The minimum atomic E-state index is -0.299. The Balaban J connectivity index is 0.00000722. The van der Waals surface area contributed by atoms with Crippen molar-refractivity contribution in [2.24, 2.45) is 10.8 Å². The van der Waals surface area contributed by atoms with E-state index in [1.165, 1.54) is 50.3 Å². The van der Waals surface area contributed by atoms with Crippen LogP contribution in [0, 0.1) is 29.6 Å². The normalized spacial score (nSPS) is 13.8. The predicted molar refractivity (Wildman–Crippen MR) is 320 cm³/mol. The largest absolute Gasteiger partial charge is 0.509 e. The molecule has 0 saturated carbocycles. The van der Waals surface area contributed by atoms with Crippen LogP contribution in [0.1, 0.15) is 143 Å². The van der Waals surface area contributed by atoms with Gasteiger partial charge in [-0.3, -0.25) is 0 Å². The monoisotopic (exact) mass is 1190 g/mol. The molecule has 0 fully saturated rings. The molecule has 0 aliphatic carbocycles. The molecule has 0 bridgehead atoms. The smallest absolute Gasteiger partial charge is 0.135 e. The van der Waals surface area contributed by atoms with Gasteiger partial charge >= 0.3 is 0 Å². The van der Waals surface area contributed by atoms with E-state index in [0.717, 1.165) is 44.6 Å². The van der Waals surface area contributed by atoms with Crippen molar-refractivity contribution in [2.45, 2.75) is 126 Å². The number of pyridine rings is 1. The molecular weight excluding hydrogens is 1120 g/mol. The minimum absolute atomic E-state index is 0. The third-order valence-corrected chi connectivity index (χ3v) is 15.6. The van der Waals surface area contributed by atoms with E-state index >= 15 is 0 Å². The van der Waals surface area contributed by atoms with Crippen LogP contribution >= 0.6 is 0 Å². The van der Waals surface area contributed by atoms with Gasteiger partial charge in [0.2, 0.25) is 0 Å². The van der Waals surface area contributed by atoms with Crippen molar-refractivity contribution in [3.63, 3.8) is 0 Å². The molecule has 0 unspecified atom stereocenters. The van der Waals surface area contributed by atoms with Gasteiger partial charge in [-0.2, -0.15) is 6.07 Å². The first kappa shape index (κ1) is 55.1. The SMILES string of the molecule is CC(C)c1ccccc1-c1cc(Oc2[c-]c3c(cc2)c2ccccc2n3-c2cc(C(C)(C)C)ccn2)[c-]c(N2[CH-]N(c3cc(C(C)(C)c4ccccc4)cc(C(C)(C)c4ccccc4)c3)C(C(C)(C)C)=C2C(C)(C)C)c1.[Pt]. The molecule has 2 aromatic heterocycles. The quantitative estimate of drug-likeness (QED) is 0.121. The number of ether oxygens (including phenoxy) is 1. The molecule has 1 aliphatic heterocycles. The van der Waals surface area contributed by atoms with Crippen molar-refractivity contribution < 1.29 is 25.8 Å². The van der Waals surface area contributed by atoms with Gasteiger partial charge in [0.25, 0.3) is 0 Å². The Morgan fingerprint density at radius 1 is 0.494 bits per heavy atom. The summed E-state index contributed by atoms with van der Waals surface area (Å²) in [7, 11) is 0. The van der Waals surface area contributed by atoms with Crippen LogP contribution in [0.25, 0.3) is 38.8 Å². The first-order valence-corrected chi connectivity index (χ1v) is 27.1. The van der Waals surface area contributed by atoms with Gasteiger partial charge in [-0.15, -0.1) is 53.6 Å². The number of nitrogens with zero attached hydrogens (tertiary/aromatic N) is 4. The second-order valence-corrected chi connectivity index (χ2v) is 25.4. The Morgan fingerprint density at radius 3 is 1.66 bits per heavy atom. The summed E-state index contributed by atoms with van der Waals surface area (Å²) in [6.07, 6.45) is 1.92. The molecule has 0 N–H and O–H groups in total. The maximum Gasteiger partial charge on any atom is 0.135 e. The molecule has 0 radical (unpaired) electrons. The average Bonchev–Trinajstić information content (AvgIpc) is 4.05. The topological polar surface area (TPSA) is 33.5 Å². The zero-order chi connectivity index (χ0) is 54.1. The van der Waals surface area contributed by atoms with E-state index < -0.39 is 0 Å². The fourth-order valence-electron chi connectivity index (χ4n) is 11.2. The molecule has 1 aliphatic rings. The standard InChI is InChI=1S/C71H75N4O.Pt/c1-47(2)58-30-22-23-31-59(58)48-38-54(44-57(39-48)76-56-34-35-61-60-32-24-25-33-62(60)75(63(61)45-56)64-43-51(36-37-72-64)67(3,4)5)73-46-74(66(69(9,10)11)65(73)68(6,7)8)55-41-52(70(12,13)49-26-18-16-19-27-49)40-53(42-55)71(14,15)50-28-20-17-21-29-50;/h16-43,46-47H,1-15H3;/q-3;. The molecule has 5 nitrogen and oxygen atoms in total. The van der Waals surface area contributed by atoms with Crippen molar-refractivity contribution in [3.8, 4) is 28.4 Å². The van der Waals surface area contributed by atoms with Crippen LogP contribution in [0.15, 0.2) is 181 Å². The Labute approximate surface area is 474 Å². The van der Waals surface area contributed by atoms with E-state index in [9.17, 15) is 0 Å². The zero-order valence-corrected chi connectivity index (χ0v) is 50.1. The molecule has 0 saturated heterocycles. The van der Waals surface area contributed by atoms with Gasteiger partial charge in [0.15, 0.2) is 0 Å². The average molecular weight is 1200 g/mol. The van der Waals surface area contributed by atoms with E-state index in [4.69, 9.17) is 9.72 Å². The van der Waals surface area contributed by atoms with Gasteiger partial charge in [-0.25, -0.2) is 4.98 Å². The van der Waals surface area contributed by atoms with Gasteiger partial charge in [0.05, 0.1) is 0 Å². The predicted octanol–water partition coefficient (Wildman–Crippen LogP) is 19.1. The summed E-state index contributed by atoms with van der Waals surface area (Å²) < 4.78 is 9.34. The van der Waals surface area contributed by atoms with E-state index in [1.54, 1.807) is 0 Å². The van der Waals surface area contributed by atoms with E-state index in [-0.39, 0.29) is 48.1 Å². The van der Waals surface area contributed by atoms with Crippen molar-refractivity contribution in [1.82, 2.24) is 9.55 Å². The summed E-state index contributed by atoms with van der Waals surface area (Å²) >= 11 is 0. The maximum atomic E-state index is 7.12. The van der Waals surface area contributed by atoms with Gasteiger partial charge < -0.3 is 19.1 Å². The Kier molecular flexibility index (Phi) is 14.7. The van der Waals surface area contributed by atoms with Crippen molar-refractivity contribution in [3.05, 3.63) is 234 Å². The number of anilines is 2. The van der Waals surface area contributed by atoms with Gasteiger partial charge in [0.1, 0.15) is 5.82 Å². The maximum absolute atomic E-state index is 7.12. The van der Waals surface area contributed by atoms with Crippen LogP contribution < -0.4 is 14.5 Å². The molecule has 0 atom stereocenters. The van der Waals surface area contributed by atoms with E-state index in [2.05, 4.69) is 295 Å². The van der Waals surface area contributed by atoms with Crippen molar-refractivity contribution >= 4 is 33.2 Å². The summed E-state index contributed by atoms with van der Waals surface area (Å²) in [5.41, 5.74) is 15.0. The Hall–Kier alpha value is -6.68. The second-order valence-electron chi connectivity index (χ2n) is 25.4. The second kappa shape index (κ2) is 20.6. The number of fused-ring (bicyclic) bond motifs is 3. The van der Waals surface area contributed by atoms with Crippen LogP contribution in [-0.2, 0) is 37.3 Å². The van der Waals surface area contributed by atoms with Crippen molar-refractivity contribution in [1.29, 1.82) is 0 Å². The van der Waals surface area contributed by atoms with Crippen LogP contribution in [0.3, 0.4) is 0 Å². The van der Waals surface area contributed by atoms with E-state index in [0.29, 0.717) is 17.4 Å². The molecular formula is C71H75N4OPt-3. The fourth-order valence-corrected chi connectivity index (χ4v) is 11.2. The number of benzene rings is 7. The van der Waals surface area contributed by atoms with Crippen molar-refractivity contribution in [2.75, 3.05) is 9.80 Å². The minimum Gasteiger partial charge on any atom is -0.509 e. The third kappa shape index (κ3) is 10.6. The third-order valence-electron chi connectivity index (χ3n) is 15.6. The molecule has 9 aromatic rings. The number of para-hydroxylation sites is 1. The summed E-state index contributed by atoms with van der Waals surface area (Å²) in [6.45, 7) is 37.0. The fraction of sp³-hybridized carbons (Fsp3) is 0.296. The summed E-state index contributed by atoms with van der Waals surface area (Å²) in [5.74, 6) is 2.35.